The summed E-state index contributed by atoms with van der Waals surface area (Å²) >= 11 is 0. The van der Waals surface area contributed by atoms with Gasteiger partial charge in [0.05, 0.1) is 17.6 Å². The van der Waals surface area contributed by atoms with Gasteiger partial charge in [-0.2, -0.15) is 5.10 Å². The molecule has 2 aliphatic heterocycles. The van der Waals surface area contributed by atoms with Gasteiger partial charge in [-0.3, -0.25) is 14.6 Å². The van der Waals surface area contributed by atoms with E-state index < -0.39 is 0 Å². The van der Waals surface area contributed by atoms with Crippen LogP contribution in [-0.4, -0.2) is 56.8 Å². The Balaban J connectivity index is 1.29. The SMILES string of the molecule is Cn1ccc(N2CCN=C2N2CCC(c3nc4ccccc4[nH]3)CC2)n1. The van der Waals surface area contributed by atoms with Crippen LogP contribution in [0.2, 0.25) is 0 Å². The first-order chi connectivity index (χ1) is 12.8. The fourth-order valence-corrected chi connectivity index (χ4v) is 3.99. The quantitative estimate of drug-likeness (QED) is 0.771. The van der Waals surface area contributed by atoms with E-state index in [0.717, 1.165) is 67.7 Å². The molecule has 0 unspecified atom stereocenters. The Kier molecular flexibility index (Phi) is 3.65. The van der Waals surface area contributed by atoms with Crippen molar-refractivity contribution in [3.63, 3.8) is 0 Å². The van der Waals surface area contributed by atoms with Gasteiger partial charge in [0.15, 0.2) is 5.82 Å². The number of fused-ring (bicyclic) bond motifs is 1. The highest BCUT2D eigenvalue weighted by molar-refractivity contribution is 5.96. The molecule has 0 bridgehead atoms. The second-order valence-electron chi connectivity index (χ2n) is 7.08. The second kappa shape index (κ2) is 6.16. The molecule has 2 aliphatic rings. The average molecular weight is 349 g/mol. The van der Waals surface area contributed by atoms with E-state index in [1.54, 1.807) is 0 Å². The number of piperidine rings is 1. The Hall–Kier alpha value is -2.83. The van der Waals surface area contributed by atoms with Crippen molar-refractivity contribution in [3.8, 4) is 0 Å². The molecule has 5 rings (SSSR count). The third kappa shape index (κ3) is 2.64. The van der Waals surface area contributed by atoms with Crippen LogP contribution >= 0.6 is 0 Å². The summed E-state index contributed by atoms with van der Waals surface area (Å²) in [6.45, 7) is 3.76. The molecule has 2 aromatic heterocycles. The first kappa shape index (κ1) is 15.4. The highest BCUT2D eigenvalue weighted by atomic mass is 15.5. The number of aromatic nitrogens is 4. The summed E-state index contributed by atoms with van der Waals surface area (Å²) in [6.07, 6.45) is 4.17. The lowest BCUT2D eigenvalue weighted by Gasteiger charge is -2.35. The smallest absolute Gasteiger partial charge is 0.202 e. The summed E-state index contributed by atoms with van der Waals surface area (Å²) in [7, 11) is 1.95. The van der Waals surface area contributed by atoms with Gasteiger partial charge in [-0.1, -0.05) is 12.1 Å². The molecule has 3 aromatic rings. The van der Waals surface area contributed by atoms with E-state index in [1.807, 2.05) is 24.0 Å². The number of hydrogen-bond acceptors (Lipinski definition) is 5. The van der Waals surface area contributed by atoms with E-state index in [0.29, 0.717) is 5.92 Å². The standard InChI is InChI=1S/C19H23N7/c1-24-10-8-17(23-24)26-13-9-20-19(26)25-11-6-14(7-12-25)18-21-15-4-2-3-5-16(15)22-18/h2-5,8,10,14H,6-7,9,11-13H2,1H3,(H,21,22). The lowest BCUT2D eigenvalue weighted by molar-refractivity contribution is 0.305. The van der Waals surface area contributed by atoms with Crippen LogP contribution in [0.25, 0.3) is 11.0 Å². The molecule has 0 saturated carbocycles. The number of imidazole rings is 1. The summed E-state index contributed by atoms with van der Waals surface area (Å²) < 4.78 is 1.85. The molecule has 1 aromatic carbocycles. The van der Waals surface area contributed by atoms with Gasteiger partial charge in [-0.05, 0) is 25.0 Å². The molecule has 1 N–H and O–H groups in total. The molecule has 0 atom stereocenters. The zero-order valence-electron chi connectivity index (χ0n) is 15.0. The summed E-state index contributed by atoms with van der Waals surface area (Å²) in [4.78, 5) is 17.7. The van der Waals surface area contributed by atoms with Crippen LogP contribution in [0.1, 0.15) is 24.6 Å². The van der Waals surface area contributed by atoms with Gasteiger partial charge in [0.1, 0.15) is 5.82 Å². The maximum Gasteiger partial charge on any atom is 0.202 e. The van der Waals surface area contributed by atoms with E-state index in [-0.39, 0.29) is 0 Å². The monoisotopic (exact) mass is 349 g/mol. The van der Waals surface area contributed by atoms with Crippen molar-refractivity contribution in [1.29, 1.82) is 0 Å². The van der Waals surface area contributed by atoms with Crippen LogP contribution in [0.4, 0.5) is 5.82 Å². The third-order valence-corrected chi connectivity index (χ3v) is 5.37. The predicted molar refractivity (Wildman–Crippen MR) is 102 cm³/mol. The number of rotatable bonds is 2. The highest BCUT2D eigenvalue weighted by Gasteiger charge is 2.30. The number of aryl methyl sites for hydroxylation is 1. The lowest BCUT2D eigenvalue weighted by atomic mass is 9.96. The highest BCUT2D eigenvalue weighted by Crippen LogP contribution is 2.29. The van der Waals surface area contributed by atoms with Gasteiger partial charge in [0.25, 0.3) is 0 Å². The number of para-hydroxylation sites is 2. The number of nitrogens with one attached hydrogen (secondary N) is 1. The van der Waals surface area contributed by atoms with Crippen LogP contribution in [0.3, 0.4) is 0 Å². The number of anilines is 1. The van der Waals surface area contributed by atoms with Crippen molar-refractivity contribution >= 4 is 22.8 Å². The zero-order valence-corrected chi connectivity index (χ0v) is 15.0. The molecule has 134 valence electrons. The molecule has 0 amide bonds. The summed E-state index contributed by atoms with van der Waals surface area (Å²) in [5, 5.41) is 4.54. The molecule has 4 heterocycles. The molecule has 1 saturated heterocycles. The number of guanidine groups is 1. The second-order valence-corrected chi connectivity index (χ2v) is 7.08. The average Bonchev–Trinajstić information content (AvgIpc) is 3.40. The van der Waals surface area contributed by atoms with Crippen LogP contribution in [0.5, 0.6) is 0 Å². The van der Waals surface area contributed by atoms with E-state index in [4.69, 9.17) is 9.98 Å². The zero-order chi connectivity index (χ0) is 17.5. The van der Waals surface area contributed by atoms with Gasteiger partial charge in [0.2, 0.25) is 5.96 Å². The van der Waals surface area contributed by atoms with E-state index >= 15 is 0 Å². The Bertz CT molecular complexity index is 913. The van der Waals surface area contributed by atoms with E-state index in [1.165, 1.54) is 0 Å². The topological polar surface area (TPSA) is 65.3 Å². The Morgan fingerprint density at radius 3 is 2.69 bits per heavy atom. The number of H-pyrrole nitrogens is 1. The lowest BCUT2D eigenvalue weighted by Crippen LogP contribution is -2.46. The van der Waals surface area contributed by atoms with E-state index in [2.05, 4.69) is 44.1 Å². The van der Waals surface area contributed by atoms with Crippen molar-refractivity contribution in [1.82, 2.24) is 24.6 Å². The summed E-state index contributed by atoms with van der Waals surface area (Å²) in [5.41, 5.74) is 2.19. The summed E-state index contributed by atoms with van der Waals surface area (Å²) in [6, 6.07) is 10.3. The molecule has 0 radical (unpaired) electrons. The first-order valence-corrected chi connectivity index (χ1v) is 9.29. The van der Waals surface area contributed by atoms with Gasteiger partial charge in [-0.25, -0.2) is 4.98 Å². The molecule has 0 aliphatic carbocycles. The number of aromatic amines is 1. The minimum Gasteiger partial charge on any atom is -0.342 e. The van der Waals surface area contributed by atoms with Crippen molar-refractivity contribution in [2.24, 2.45) is 12.0 Å². The molecule has 7 nitrogen and oxygen atoms in total. The van der Waals surface area contributed by atoms with Crippen LogP contribution in [0, 0.1) is 0 Å². The normalized spacial score (nSPS) is 18.7. The largest absolute Gasteiger partial charge is 0.342 e. The number of hydrogen-bond donors (Lipinski definition) is 1. The fraction of sp³-hybridized carbons (Fsp3) is 0.421. The van der Waals surface area contributed by atoms with Gasteiger partial charge < -0.3 is 9.88 Å². The van der Waals surface area contributed by atoms with Gasteiger partial charge >= 0.3 is 0 Å². The van der Waals surface area contributed by atoms with Crippen molar-refractivity contribution < 1.29 is 0 Å². The Morgan fingerprint density at radius 1 is 1.08 bits per heavy atom. The third-order valence-electron chi connectivity index (χ3n) is 5.37. The van der Waals surface area contributed by atoms with Gasteiger partial charge in [-0.15, -0.1) is 0 Å². The van der Waals surface area contributed by atoms with Crippen LogP contribution < -0.4 is 4.90 Å². The molecule has 1 fully saturated rings. The number of likely N-dealkylation sites (tertiary alicyclic amines) is 1. The molecular weight excluding hydrogens is 326 g/mol. The predicted octanol–water partition coefficient (Wildman–Crippen LogP) is 2.35. The fourth-order valence-electron chi connectivity index (χ4n) is 3.99. The molecule has 7 heteroatoms. The van der Waals surface area contributed by atoms with E-state index in [9.17, 15) is 0 Å². The van der Waals surface area contributed by atoms with Crippen molar-refractivity contribution in [2.75, 3.05) is 31.1 Å². The maximum atomic E-state index is 4.80. The Morgan fingerprint density at radius 2 is 1.92 bits per heavy atom. The minimum absolute atomic E-state index is 0.490. The molecular formula is C19H23N7. The van der Waals surface area contributed by atoms with Crippen LogP contribution in [-0.2, 0) is 7.05 Å². The number of aliphatic imine (C=N–C) groups is 1. The van der Waals surface area contributed by atoms with Crippen molar-refractivity contribution in [3.05, 3.63) is 42.4 Å². The molecule has 26 heavy (non-hydrogen) atoms. The van der Waals surface area contributed by atoms with Crippen LogP contribution in [0.15, 0.2) is 41.5 Å². The summed E-state index contributed by atoms with van der Waals surface area (Å²) in [5.74, 6) is 3.68. The maximum absolute atomic E-state index is 4.80. The van der Waals surface area contributed by atoms with Gasteiger partial charge in [0, 0.05) is 44.9 Å². The molecule has 0 spiro atoms. The number of nitrogens with zero attached hydrogens (tertiary/aromatic N) is 6. The first-order valence-electron chi connectivity index (χ1n) is 9.29. The van der Waals surface area contributed by atoms with Crippen molar-refractivity contribution in [2.45, 2.75) is 18.8 Å². The minimum atomic E-state index is 0.490. The Labute approximate surface area is 152 Å². The number of benzene rings is 1.